The molecule has 5 atom stereocenters. The summed E-state index contributed by atoms with van der Waals surface area (Å²) in [5.41, 5.74) is -2.24. The van der Waals surface area contributed by atoms with E-state index in [1.165, 1.54) is 0 Å². The molecular weight excluding hydrogens is 330 g/mol. The highest BCUT2D eigenvalue weighted by Gasteiger charge is 2.76. The van der Waals surface area contributed by atoms with Gasteiger partial charge in [0.15, 0.2) is 0 Å². The number of carbonyl (C=O) groups is 3. The van der Waals surface area contributed by atoms with Crippen LogP contribution in [0.4, 0.5) is 4.79 Å². The molecule has 0 aromatic carbocycles. The fourth-order valence-corrected chi connectivity index (χ4v) is 3.74. The van der Waals surface area contributed by atoms with E-state index in [0.29, 0.717) is 0 Å². The van der Waals surface area contributed by atoms with Gasteiger partial charge in [-0.05, 0) is 34.6 Å². The summed E-state index contributed by atoms with van der Waals surface area (Å²) in [5.74, 6) is -2.77. The Morgan fingerprint density at radius 1 is 1.16 bits per heavy atom. The number of fused-ring (bicyclic) bond motifs is 1. The van der Waals surface area contributed by atoms with Crippen LogP contribution in [0.2, 0.25) is 0 Å². The number of carbonyl (C=O) groups excluding carboxylic acids is 3. The molecule has 0 radical (unpaired) electrons. The minimum Gasteiger partial charge on any atom is -0.466 e. The molecule has 25 heavy (non-hydrogen) atoms. The molecule has 2 aliphatic carbocycles. The van der Waals surface area contributed by atoms with Gasteiger partial charge in [0.25, 0.3) is 0 Å². The van der Waals surface area contributed by atoms with Crippen molar-refractivity contribution in [2.75, 3.05) is 13.2 Å². The lowest BCUT2D eigenvalue weighted by Crippen LogP contribution is -2.58. The van der Waals surface area contributed by atoms with Crippen molar-refractivity contribution < 1.29 is 33.7 Å². The molecule has 2 saturated carbocycles. The Balaban J connectivity index is 2.26. The summed E-state index contributed by atoms with van der Waals surface area (Å²) in [6.45, 7) is 8.77. The number of esters is 2. The van der Waals surface area contributed by atoms with Crippen molar-refractivity contribution in [3.8, 4) is 0 Å². The predicted octanol–water partition coefficient (Wildman–Crippen LogP) is 1.00. The van der Waals surface area contributed by atoms with Gasteiger partial charge >= 0.3 is 18.0 Å². The van der Waals surface area contributed by atoms with Gasteiger partial charge in [0.2, 0.25) is 0 Å². The lowest BCUT2D eigenvalue weighted by atomic mass is 9.89. The van der Waals surface area contributed by atoms with Gasteiger partial charge in [0.1, 0.15) is 11.1 Å². The van der Waals surface area contributed by atoms with Crippen LogP contribution in [0.1, 0.15) is 41.0 Å². The zero-order valence-electron chi connectivity index (χ0n) is 15.3. The Labute approximate surface area is 147 Å². The molecule has 1 unspecified atom stereocenters. The minimum absolute atomic E-state index is 0.0175. The van der Waals surface area contributed by atoms with Crippen LogP contribution in [0.5, 0.6) is 0 Å². The largest absolute Gasteiger partial charge is 0.466 e. The Bertz CT molecular complexity index is 556. The number of aliphatic hydroxyl groups excluding tert-OH is 1. The highest BCUT2D eigenvalue weighted by Crippen LogP contribution is 2.63. The van der Waals surface area contributed by atoms with Crippen molar-refractivity contribution in [3.63, 3.8) is 0 Å². The normalized spacial score (nSPS) is 33.2. The molecule has 2 aliphatic rings. The van der Waals surface area contributed by atoms with E-state index in [9.17, 15) is 19.5 Å². The summed E-state index contributed by atoms with van der Waals surface area (Å²) < 4.78 is 15.4. The van der Waals surface area contributed by atoms with Crippen molar-refractivity contribution in [2.45, 2.75) is 58.3 Å². The summed E-state index contributed by atoms with van der Waals surface area (Å²) in [6, 6.07) is 0. The first-order chi connectivity index (χ1) is 11.6. The molecule has 2 N–H and O–H groups in total. The first kappa shape index (κ1) is 19.5. The Hall–Kier alpha value is -1.83. The smallest absolute Gasteiger partial charge is 0.408 e. The lowest BCUT2D eigenvalue weighted by Gasteiger charge is -2.32. The second kappa shape index (κ2) is 6.82. The molecule has 0 aromatic rings. The molecule has 0 heterocycles. The van der Waals surface area contributed by atoms with E-state index in [4.69, 9.17) is 14.2 Å². The molecule has 142 valence electrons. The van der Waals surface area contributed by atoms with Crippen LogP contribution >= 0.6 is 0 Å². The summed E-state index contributed by atoms with van der Waals surface area (Å²) >= 11 is 0. The van der Waals surface area contributed by atoms with E-state index >= 15 is 0 Å². The molecule has 8 heteroatoms. The first-order valence-electron chi connectivity index (χ1n) is 8.60. The molecule has 0 aromatic heterocycles. The van der Waals surface area contributed by atoms with Crippen LogP contribution in [0.15, 0.2) is 0 Å². The molecule has 1 amide bonds. The highest BCUT2D eigenvalue weighted by atomic mass is 16.6. The number of ether oxygens (including phenoxy) is 3. The SMILES string of the molecule is CCOC(=O)[C@H]1C2[C@@H]1[C@H](O)C[C@]2(NC(=O)OC(C)(C)C)C(=O)OCC. The van der Waals surface area contributed by atoms with Gasteiger partial charge in [-0.2, -0.15) is 0 Å². The highest BCUT2D eigenvalue weighted by molar-refractivity contribution is 5.90. The van der Waals surface area contributed by atoms with E-state index in [2.05, 4.69) is 5.32 Å². The van der Waals surface area contributed by atoms with Crippen molar-refractivity contribution in [3.05, 3.63) is 0 Å². The van der Waals surface area contributed by atoms with Crippen LogP contribution in [-0.2, 0) is 23.8 Å². The fourth-order valence-electron chi connectivity index (χ4n) is 3.74. The average molecular weight is 357 g/mol. The number of amides is 1. The Kier molecular flexibility index (Phi) is 5.32. The lowest BCUT2D eigenvalue weighted by molar-refractivity contribution is -0.154. The number of hydrogen-bond acceptors (Lipinski definition) is 7. The van der Waals surface area contributed by atoms with Gasteiger partial charge in [-0.25, -0.2) is 9.59 Å². The van der Waals surface area contributed by atoms with Gasteiger partial charge in [0, 0.05) is 18.3 Å². The van der Waals surface area contributed by atoms with E-state index in [-0.39, 0.29) is 19.6 Å². The van der Waals surface area contributed by atoms with E-state index < -0.39 is 53.0 Å². The standard InChI is InChI=1S/C17H27NO7/c1-6-23-13(20)11-10-9(19)8-17(12(10)11,14(21)24-7-2)18-15(22)25-16(3,4)5/h9-12,19H,6-8H2,1-5H3,(H,18,22)/t9-,10-,11-,12?,17-/m1/s1. The zero-order valence-corrected chi connectivity index (χ0v) is 15.3. The average Bonchev–Trinajstić information content (AvgIpc) is 3.14. The predicted molar refractivity (Wildman–Crippen MR) is 86.5 cm³/mol. The number of nitrogens with one attached hydrogen (secondary N) is 1. The summed E-state index contributed by atoms with van der Waals surface area (Å²) in [7, 11) is 0. The second-order valence-electron chi connectivity index (χ2n) is 7.47. The number of hydrogen-bond donors (Lipinski definition) is 2. The zero-order chi connectivity index (χ0) is 19.0. The third kappa shape index (κ3) is 3.73. The number of alkyl carbamates (subject to hydrolysis) is 1. The summed E-state index contributed by atoms with van der Waals surface area (Å²) in [5, 5.41) is 12.9. The molecule has 0 bridgehead atoms. The quantitative estimate of drug-likeness (QED) is 0.558. The maximum Gasteiger partial charge on any atom is 0.408 e. The molecule has 8 nitrogen and oxygen atoms in total. The van der Waals surface area contributed by atoms with Crippen LogP contribution in [0.3, 0.4) is 0 Å². The van der Waals surface area contributed by atoms with Crippen LogP contribution in [-0.4, -0.2) is 53.6 Å². The van der Waals surface area contributed by atoms with Gasteiger partial charge in [0.05, 0.1) is 25.2 Å². The van der Waals surface area contributed by atoms with Gasteiger partial charge in [-0.3, -0.25) is 4.79 Å². The maximum atomic E-state index is 12.6. The van der Waals surface area contributed by atoms with Crippen molar-refractivity contribution in [1.29, 1.82) is 0 Å². The monoisotopic (exact) mass is 357 g/mol. The van der Waals surface area contributed by atoms with E-state index in [1.807, 2.05) is 0 Å². The van der Waals surface area contributed by atoms with E-state index in [0.717, 1.165) is 0 Å². The number of rotatable bonds is 5. The van der Waals surface area contributed by atoms with Crippen LogP contribution in [0.25, 0.3) is 0 Å². The Morgan fingerprint density at radius 2 is 1.76 bits per heavy atom. The molecule has 0 aliphatic heterocycles. The summed E-state index contributed by atoms with van der Waals surface area (Å²) in [4.78, 5) is 37.0. The molecule has 0 saturated heterocycles. The van der Waals surface area contributed by atoms with Crippen molar-refractivity contribution >= 4 is 18.0 Å². The molecule has 2 fully saturated rings. The third-order valence-electron chi connectivity index (χ3n) is 4.54. The molecular formula is C17H27NO7. The number of aliphatic hydroxyl groups is 1. The molecule has 2 rings (SSSR count). The maximum absolute atomic E-state index is 12.6. The summed E-state index contributed by atoms with van der Waals surface area (Å²) in [6.07, 6.45) is -1.71. The van der Waals surface area contributed by atoms with Gasteiger partial charge in [-0.15, -0.1) is 0 Å². The van der Waals surface area contributed by atoms with Gasteiger partial charge < -0.3 is 24.6 Å². The molecule has 0 spiro atoms. The minimum atomic E-state index is -1.49. The van der Waals surface area contributed by atoms with E-state index in [1.54, 1.807) is 34.6 Å². The Morgan fingerprint density at radius 3 is 2.28 bits per heavy atom. The topological polar surface area (TPSA) is 111 Å². The first-order valence-corrected chi connectivity index (χ1v) is 8.60. The third-order valence-corrected chi connectivity index (χ3v) is 4.54. The van der Waals surface area contributed by atoms with Crippen LogP contribution < -0.4 is 5.32 Å². The van der Waals surface area contributed by atoms with Crippen LogP contribution in [0, 0.1) is 17.8 Å². The fraction of sp³-hybridized carbons (Fsp3) is 0.824. The van der Waals surface area contributed by atoms with Crippen molar-refractivity contribution in [2.24, 2.45) is 17.8 Å². The second-order valence-corrected chi connectivity index (χ2v) is 7.47. The van der Waals surface area contributed by atoms with Gasteiger partial charge in [-0.1, -0.05) is 0 Å². The van der Waals surface area contributed by atoms with Crippen molar-refractivity contribution in [1.82, 2.24) is 5.32 Å².